The average molecular weight is 387 g/mol. The third-order valence-electron chi connectivity index (χ3n) is 4.43. The van der Waals surface area contributed by atoms with Gasteiger partial charge in [0.15, 0.2) is 5.12 Å². The highest BCUT2D eigenvalue weighted by atomic mass is 32.2. The quantitative estimate of drug-likeness (QED) is 0.717. The molecule has 0 saturated carbocycles. The van der Waals surface area contributed by atoms with Gasteiger partial charge in [-0.05, 0) is 44.8 Å². The number of nitrogens with zero attached hydrogens (tertiary/aromatic N) is 1. The first-order valence-electron chi connectivity index (χ1n) is 8.04. The highest BCUT2D eigenvalue weighted by Gasteiger charge is 2.52. The van der Waals surface area contributed by atoms with Crippen LogP contribution in [0, 0.1) is 0 Å². The van der Waals surface area contributed by atoms with E-state index in [0.717, 1.165) is 24.0 Å². The molecule has 0 unspecified atom stereocenters. The average Bonchev–Trinajstić information content (AvgIpc) is 2.71. The highest BCUT2D eigenvalue weighted by Crippen LogP contribution is 2.39. The van der Waals surface area contributed by atoms with E-state index in [0.29, 0.717) is 16.8 Å². The third kappa shape index (κ3) is 4.89. The Morgan fingerprint density at radius 2 is 1.81 bits per heavy atom. The maximum atomic E-state index is 12.6. The molecule has 2 heterocycles. The summed E-state index contributed by atoms with van der Waals surface area (Å²) in [5, 5.41) is -0.0713. The van der Waals surface area contributed by atoms with Gasteiger partial charge in [-0.1, -0.05) is 23.9 Å². The van der Waals surface area contributed by atoms with Gasteiger partial charge in [0.25, 0.3) is 0 Å². The monoisotopic (exact) mass is 387 g/mol. The van der Waals surface area contributed by atoms with E-state index in [2.05, 4.69) is 4.98 Å². The molecule has 0 aromatic carbocycles. The van der Waals surface area contributed by atoms with E-state index < -0.39 is 30.2 Å². The smallest absolute Gasteiger partial charge is 0.400 e. The van der Waals surface area contributed by atoms with Gasteiger partial charge in [-0.25, -0.2) is 0 Å². The zero-order valence-electron chi connectivity index (χ0n) is 15.3. The lowest BCUT2D eigenvalue weighted by Gasteiger charge is -2.32. The van der Waals surface area contributed by atoms with Gasteiger partial charge >= 0.3 is 13.3 Å². The summed E-state index contributed by atoms with van der Waals surface area (Å²) >= 11 is 1.09. The van der Waals surface area contributed by atoms with Crippen molar-refractivity contribution in [1.82, 2.24) is 4.98 Å². The van der Waals surface area contributed by atoms with Crippen molar-refractivity contribution in [2.75, 3.05) is 5.75 Å². The van der Waals surface area contributed by atoms with Crippen molar-refractivity contribution >= 4 is 30.1 Å². The van der Waals surface area contributed by atoms with E-state index >= 15 is 0 Å². The van der Waals surface area contributed by atoms with Gasteiger partial charge in [-0.2, -0.15) is 13.2 Å². The van der Waals surface area contributed by atoms with E-state index in [9.17, 15) is 18.0 Å². The Hall–Kier alpha value is -1.32. The Kier molecular flexibility index (Phi) is 5.94. The van der Waals surface area contributed by atoms with Crippen molar-refractivity contribution in [3.63, 3.8) is 0 Å². The lowest BCUT2D eigenvalue weighted by molar-refractivity contribution is -0.141. The largest absolute Gasteiger partial charge is 0.491 e. The highest BCUT2D eigenvalue weighted by molar-refractivity contribution is 8.13. The first-order chi connectivity index (χ1) is 11.8. The predicted molar refractivity (Wildman–Crippen MR) is 96.4 cm³/mol. The van der Waals surface area contributed by atoms with Crippen molar-refractivity contribution in [2.45, 2.75) is 52.0 Å². The van der Waals surface area contributed by atoms with Crippen molar-refractivity contribution in [3.05, 3.63) is 35.1 Å². The van der Waals surface area contributed by atoms with Gasteiger partial charge in [0.1, 0.15) is 5.69 Å². The second-order valence-corrected chi connectivity index (χ2v) is 8.21. The summed E-state index contributed by atoms with van der Waals surface area (Å²) in [5.41, 5.74) is -0.936. The van der Waals surface area contributed by atoms with Gasteiger partial charge < -0.3 is 9.31 Å². The first-order valence-corrected chi connectivity index (χ1v) is 9.03. The second-order valence-electron chi connectivity index (χ2n) is 7.06. The molecule has 1 aliphatic heterocycles. The van der Waals surface area contributed by atoms with Gasteiger partial charge in [0, 0.05) is 18.9 Å². The molecular formula is C17H21BF3NO3S. The second kappa shape index (κ2) is 7.36. The van der Waals surface area contributed by atoms with Crippen molar-refractivity contribution < 1.29 is 27.3 Å². The molecule has 0 atom stereocenters. The lowest BCUT2D eigenvalue weighted by Crippen LogP contribution is -2.41. The molecule has 0 N–H and O–H groups in total. The number of pyridine rings is 1. The maximum Gasteiger partial charge on any atom is 0.491 e. The summed E-state index contributed by atoms with van der Waals surface area (Å²) in [6.45, 7) is 9.07. The Morgan fingerprint density at radius 3 is 2.23 bits per heavy atom. The standard InChI is InChI=1S/C17H21BF3NO3S/c1-11(23)26-10-13(18-24-15(2,3)16(4,5)25-18)8-12-6-7-14(22-9-12)17(19,20)21/h6-9H,10H2,1-5H3. The number of aromatic nitrogens is 1. The minimum absolute atomic E-state index is 0.0713. The number of hydrogen-bond donors (Lipinski definition) is 0. The molecule has 0 spiro atoms. The summed E-state index contributed by atoms with van der Waals surface area (Å²) in [6, 6.07) is 2.26. The van der Waals surface area contributed by atoms with E-state index in [1.807, 2.05) is 27.7 Å². The van der Waals surface area contributed by atoms with Crippen LogP contribution in [0.2, 0.25) is 0 Å². The SMILES string of the molecule is CC(=O)SCC(=Cc1ccc(C(F)(F)F)nc1)B1OC(C)(C)C(C)(C)O1. The molecule has 1 fully saturated rings. The van der Waals surface area contributed by atoms with Crippen LogP contribution < -0.4 is 0 Å². The van der Waals surface area contributed by atoms with Crippen LogP contribution in [0.3, 0.4) is 0 Å². The number of alkyl halides is 3. The first kappa shape index (κ1) is 21.0. The van der Waals surface area contributed by atoms with Crippen molar-refractivity contribution in [3.8, 4) is 0 Å². The van der Waals surface area contributed by atoms with Crippen LogP contribution >= 0.6 is 11.8 Å². The molecule has 4 nitrogen and oxygen atoms in total. The normalized spacial score (nSPS) is 19.7. The van der Waals surface area contributed by atoms with E-state index in [1.54, 1.807) is 6.08 Å². The van der Waals surface area contributed by atoms with Gasteiger partial charge in [0.2, 0.25) is 0 Å². The summed E-state index contributed by atoms with van der Waals surface area (Å²) in [4.78, 5) is 14.8. The molecule has 1 aliphatic rings. The number of hydrogen-bond acceptors (Lipinski definition) is 5. The topological polar surface area (TPSA) is 48.4 Å². The van der Waals surface area contributed by atoms with Crippen molar-refractivity contribution in [2.24, 2.45) is 0 Å². The number of thioether (sulfide) groups is 1. The molecule has 1 aromatic rings. The van der Waals surface area contributed by atoms with Gasteiger partial charge in [-0.3, -0.25) is 9.78 Å². The Balaban J connectivity index is 2.30. The van der Waals surface area contributed by atoms with E-state index in [4.69, 9.17) is 9.31 Å². The minimum atomic E-state index is -4.48. The fourth-order valence-corrected chi connectivity index (χ4v) is 2.82. The number of carbonyl (C=O) groups excluding carboxylic acids is 1. The Labute approximate surface area is 155 Å². The number of carbonyl (C=O) groups is 1. The van der Waals surface area contributed by atoms with Crippen LogP contribution in [0.25, 0.3) is 6.08 Å². The predicted octanol–water partition coefficient (Wildman–Crippen LogP) is 4.39. The molecule has 9 heteroatoms. The molecule has 1 saturated heterocycles. The summed E-state index contributed by atoms with van der Waals surface area (Å²) in [6.07, 6.45) is -1.68. The molecule has 26 heavy (non-hydrogen) atoms. The minimum Gasteiger partial charge on any atom is -0.400 e. The summed E-state index contributed by atoms with van der Waals surface area (Å²) in [7, 11) is -0.686. The fourth-order valence-electron chi connectivity index (χ4n) is 2.23. The maximum absolute atomic E-state index is 12.6. The Bertz CT molecular complexity index is 686. The molecule has 0 bridgehead atoms. The molecule has 1 aromatic heterocycles. The van der Waals surface area contributed by atoms with Crippen LogP contribution in [-0.4, -0.2) is 34.2 Å². The zero-order chi connectivity index (χ0) is 19.8. The van der Waals surface area contributed by atoms with Crippen molar-refractivity contribution in [1.29, 1.82) is 0 Å². The van der Waals surface area contributed by atoms with Crippen LogP contribution in [-0.2, 0) is 20.3 Å². The van der Waals surface area contributed by atoms with Gasteiger partial charge in [-0.15, -0.1) is 0 Å². The molecule has 0 aliphatic carbocycles. The number of halogens is 3. The zero-order valence-corrected chi connectivity index (χ0v) is 16.1. The fraction of sp³-hybridized carbons (Fsp3) is 0.529. The van der Waals surface area contributed by atoms with Crippen LogP contribution in [0.4, 0.5) is 13.2 Å². The Morgan fingerprint density at radius 1 is 1.23 bits per heavy atom. The van der Waals surface area contributed by atoms with Crippen LogP contribution in [0.5, 0.6) is 0 Å². The van der Waals surface area contributed by atoms with Crippen LogP contribution in [0.15, 0.2) is 23.8 Å². The van der Waals surface area contributed by atoms with E-state index in [1.165, 1.54) is 13.0 Å². The molecule has 2 rings (SSSR count). The molecule has 142 valence electrons. The van der Waals surface area contributed by atoms with Gasteiger partial charge in [0.05, 0.1) is 11.2 Å². The summed E-state index contributed by atoms with van der Waals surface area (Å²) in [5.74, 6) is 0.313. The third-order valence-corrected chi connectivity index (χ3v) is 5.31. The molecular weight excluding hydrogens is 366 g/mol. The lowest BCUT2D eigenvalue weighted by atomic mass is 9.78. The van der Waals surface area contributed by atoms with Crippen LogP contribution in [0.1, 0.15) is 45.9 Å². The summed E-state index contributed by atoms with van der Waals surface area (Å²) < 4.78 is 49.9. The molecule has 0 radical (unpaired) electrons. The van der Waals surface area contributed by atoms with E-state index in [-0.39, 0.29) is 5.12 Å². The molecule has 0 amide bonds. The number of rotatable bonds is 4.